The van der Waals surface area contributed by atoms with Gasteiger partial charge in [-0.15, -0.1) is 11.8 Å². The SMILES string of the molecule is COCCCNS(=O)(=O)c1ccc(NC(=O)CSCc2ccccc2)cc1. The number of methoxy groups -OCH3 is 1. The van der Waals surface area contributed by atoms with Crippen LogP contribution in [0.4, 0.5) is 5.69 Å². The molecular weight excluding hydrogens is 384 g/mol. The van der Waals surface area contributed by atoms with Crippen LogP contribution in [0.5, 0.6) is 0 Å². The monoisotopic (exact) mass is 408 g/mol. The third kappa shape index (κ3) is 7.72. The molecule has 0 spiro atoms. The van der Waals surface area contributed by atoms with E-state index in [1.165, 1.54) is 29.5 Å². The molecule has 8 heteroatoms. The molecular formula is C19H24N2O4S2. The van der Waals surface area contributed by atoms with Crippen molar-refractivity contribution in [3.8, 4) is 0 Å². The largest absolute Gasteiger partial charge is 0.385 e. The molecule has 2 aromatic rings. The van der Waals surface area contributed by atoms with Crippen LogP contribution >= 0.6 is 11.8 Å². The fourth-order valence-electron chi connectivity index (χ4n) is 2.26. The van der Waals surface area contributed by atoms with Crippen LogP contribution in [0.1, 0.15) is 12.0 Å². The first kappa shape index (κ1) is 21.4. The van der Waals surface area contributed by atoms with Crippen LogP contribution < -0.4 is 10.0 Å². The van der Waals surface area contributed by atoms with Gasteiger partial charge >= 0.3 is 0 Å². The second-order valence-electron chi connectivity index (χ2n) is 5.80. The van der Waals surface area contributed by atoms with Crippen LogP contribution in [0.3, 0.4) is 0 Å². The van der Waals surface area contributed by atoms with Crippen molar-refractivity contribution in [1.29, 1.82) is 0 Å². The average molecular weight is 409 g/mol. The second kappa shape index (κ2) is 11.1. The first-order valence-corrected chi connectivity index (χ1v) is 11.2. The first-order chi connectivity index (χ1) is 13.0. The molecule has 0 aliphatic carbocycles. The van der Waals surface area contributed by atoms with Crippen molar-refractivity contribution < 1.29 is 17.9 Å². The van der Waals surface area contributed by atoms with Crippen LogP contribution in [0.2, 0.25) is 0 Å². The molecule has 0 saturated carbocycles. The molecule has 2 aromatic carbocycles. The van der Waals surface area contributed by atoms with E-state index in [2.05, 4.69) is 10.0 Å². The lowest BCUT2D eigenvalue weighted by Crippen LogP contribution is -2.25. The zero-order valence-electron chi connectivity index (χ0n) is 15.2. The highest BCUT2D eigenvalue weighted by molar-refractivity contribution is 7.99. The van der Waals surface area contributed by atoms with E-state index in [1.54, 1.807) is 19.2 Å². The molecule has 0 heterocycles. The Kier molecular flexibility index (Phi) is 8.80. The van der Waals surface area contributed by atoms with Gasteiger partial charge in [0.05, 0.1) is 10.6 Å². The molecule has 0 atom stereocenters. The van der Waals surface area contributed by atoms with E-state index in [9.17, 15) is 13.2 Å². The van der Waals surface area contributed by atoms with Crippen LogP contribution in [-0.4, -0.2) is 40.3 Å². The molecule has 0 radical (unpaired) electrons. The maximum Gasteiger partial charge on any atom is 0.240 e. The van der Waals surface area contributed by atoms with Crippen molar-refractivity contribution >= 4 is 33.4 Å². The Balaban J connectivity index is 1.79. The molecule has 0 aliphatic heterocycles. The molecule has 6 nitrogen and oxygen atoms in total. The van der Waals surface area contributed by atoms with Gasteiger partial charge in [-0.05, 0) is 36.2 Å². The van der Waals surface area contributed by atoms with Gasteiger partial charge in [0.2, 0.25) is 15.9 Å². The van der Waals surface area contributed by atoms with Crippen molar-refractivity contribution in [1.82, 2.24) is 4.72 Å². The van der Waals surface area contributed by atoms with Gasteiger partial charge in [-0.3, -0.25) is 4.79 Å². The molecule has 0 aliphatic rings. The van der Waals surface area contributed by atoms with E-state index in [-0.39, 0.29) is 10.8 Å². The smallest absolute Gasteiger partial charge is 0.240 e. The number of thioether (sulfide) groups is 1. The lowest BCUT2D eigenvalue weighted by atomic mass is 10.2. The number of hydrogen-bond donors (Lipinski definition) is 2. The number of amides is 1. The summed E-state index contributed by atoms with van der Waals surface area (Å²) >= 11 is 1.53. The Labute approximate surface area is 164 Å². The maximum atomic E-state index is 12.2. The number of rotatable bonds is 11. The van der Waals surface area contributed by atoms with Gasteiger partial charge in [-0.1, -0.05) is 30.3 Å². The van der Waals surface area contributed by atoms with Crippen molar-refractivity contribution in [2.45, 2.75) is 17.1 Å². The predicted octanol–water partition coefficient (Wildman–Crippen LogP) is 2.87. The molecule has 0 bridgehead atoms. The molecule has 2 rings (SSSR count). The molecule has 146 valence electrons. The molecule has 27 heavy (non-hydrogen) atoms. The summed E-state index contributed by atoms with van der Waals surface area (Å²) in [6.07, 6.45) is 0.602. The number of carbonyl (C=O) groups excluding carboxylic acids is 1. The number of anilines is 1. The van der Waals surface area contributed by atoms with Gasteiger partial charge < -0.3 is 10.1 Å². The van der Waals surface area contributed by atoms with E-state index in [1.807, 2.05) is 30.3 Å². The van der Waals surface area contributed by atoms with E-state index < -0.39 is 10.0 Å². The number of carbonyl (C=O) groups is 1. The summed E-state index contributed by atoms with van der Waals surface area (Å²) in [5.74, 6) is 0.972. The normalized spacial score (nSPS) is 11.3. The molecule has 0 unspecified atom stereocenters. The summed E-state index contributed by atoms with van der Waals surface area (Å²) in [6.45, 7) is 0.809. The van der Waals surface area contributed by atoms with Gasteiger partial charge in [0, 0.05) is 31.7 Å². The number of benzene rings is 2. The summed E-state index contributed by atoms with van der Waals surface area (Å²) in [6, 6.07) is 16.1. The van der Waals surface area contributed by atoms with E-state index in [0.717, 1.165) is 5.75 Å². The van der Waals surface area contributed by atoms with Crippen molar-refractivity contribution in [3.05, 3.63) is 60.2 Å². The molecule has 0 aromatic heterocycles. The van der Waals surface area contributed by atoms with Gasteiger partial charge in [0.25, 0.3) is 0 Å². The standard InChI is InChI=1S/C19H24N2O4S2/c1-25-13-5-12-20-27(23,24)18-10-8-17(9-11-18)21-19(22)15-26-14-16-6-3-2-4-7-16/h2-4,6-11,20H,5,12-15H2,1H3,(H,21,22). The minimum atomic E-state index is -3.55. The van der Waals surface area contributed by atoms with Crippen molar-refractivity contribution in [2.75, 3.05) is 31.3 Å². The number of sulfonamides is 1. The van der Waals surface area contributed by atoms with Crippen LogP contribution in [0.15, 0.2) is 59.5 Å². The van der Waals surface area contributed by atoms with Gasteiger partial charge in [0.15, 0.2) is 0 Å². The average Bonchev–Trinajstić information content (AvgIpc) is 2.66. The van der Waals surface area contributed by atoms with Crippen LogP contribution in [0, 0.1) is 0 Å². The second-order valence-corrected chi connectivity index (χ2v) is 8.55. The Bertz CT molecular complexity index is 809. The minimum Gasteiger partial charge on any atom is -0.385 e. The molecule has 0 fully saturated rings. The summed E-state index contributed by atoms with van der Waals surface area (Å²) in [4.78, 5) is 12.2. The summed E-state index contributed by atoms with van der Waals surface area (Å²) in [5, 5.41) is 2.78. The molecule has 2 N–H and O–H groups in total. The van der Waals surface area contributed by atoms with Crippen molar-refractivity contribution in [3.63, 3.8) is 0 Å². The maximum absolute atomic E-state index is 12.2. The van der Waals surface area contributed by atoms with E-state index in [4.69, 9.17) is 4.74 Å². The first-order valence-electron chi connectivity index (χ1n) is 8.51. The fourth-order valence-corrected chi connectivity index (χ4v) is 4.12. The molecule has 0 saturated heterocycles. The topological polar surface area (TPSA) is 84.5 Å². The lowest BCUT2D eigenvalue weighted by molar-refractivity contribution is -0.113. The van der Waals surface area contributed by atoms with Gasteiger partial charge in [0.1, 0.15) is 0 Å². The number of ether oxygens (including phenoxy) is 1. The quantitative estimate of drug-likeness (QED) is 0.559. The zero-order chi connectivity index (χ0) is 19.5. The predicted molar refractivity (Wildman–Crippen MR) is 109 cm³/mol. The Morgan fingerprint density at radius 1 is 1.07 bits per heavy atom. The summed E-state index contributed by atoms with van der Waals surface area (Å²) in [7, 11) is -1.98. The zero-order valence-corrected chi connectivity index (χ0v) is 16.8. The summed E-state index contributed by atoms with van der Waals surface area (Å²) < 4.78 is 31.7. The van der Waals surface area contributed by atoms with Crippen LogP contribution in [-0.2, 0) is 25.3 Å². The Morgan fingerprint density at radius 2 is 1.78 bits per heavy atom. The van der Waals surface area contributed by atoms with E-state index >= 15 is 0 Å². The Morgan fingerprint density at radius 3 is 2.44 bits per heavy atom. The Hall–Kier alpha value is -1.87. The third-order valence-corrected chi connectivity index (χ3v) is 6.09. The highest BCUT2D eigenvalue weighted by atomic mass is 32.2. The van der Waals surface area contributed by atoms with Gasteiger partial charge in [-0.25, -0.2) is 13.1 Å². The number of nitrogens with one attached hydrogen (secondary N) is 2. The van der Waals surface area contributed by atoms with Crippen LogP contribution in [0.25, 0.3) is 0 Å². The van der Waals surface area contributed by atoms with Gasteiger partial charge in [-0.2, -0.15) is 0 Å². The highest BCUT2D eigenvalue weighted by Gasteiger charge is 2.13. The highest BCUT2D eigenvalue weighted by Crippen LogP contribution is 2.16. The molecule has 1 amide bonds. The minimum absolute atomic E-state index is 0.121. The fraction of sp³-hybridized carbons (Fsp3) is 0.316. The third-order valence-electron chi connectivity index (χ3n) is 3.61. The lowest BCUT2D eigenvalue weighted by Gasteiger charge is -2.09. The van der Waals surface area contributed by atoms with Crippen molar-refractivity contribution in [2.24, 2.45) is 0 Å². The summed E-state index contributed by atoms with van der Waals surface area (Å²) in [5.41, 5.74) is 1.74. The van der Waals surface area contributed by atoms with E-state index in [0.29, 0.717) is 31.0 Å². The number of hydrogen-bond acceptors (Lipinski definition) is 5.